The van der Waals surface area contributed by atoms with Gasteiger partial charge in [-0.25, -0.2) is 0 Å². The second kappa shape index (κ2) is 35.0. The van der Waals surface area contributed by atoms with Crippen molar-refractivity contribution in [2.45, 2.75) is 213 Å². The van der Waals surface area contributed by atoms with E-state index in [9.17, 15) is 14.4 Å². The molecular formula is C39H73NO5. The number of unbranched alkanes of at least 4 members (excludes halogenated alkanes) is 24. The first-order valence-corrected chi connectivity index (χ1v) is 19.3. The molecule has 1 atom stereocenters. The van der Waals surface area contributed by atoms with Crippen molar-refractivity contribution >= 4 is 17.8 Å². The van der Waals surface area contributed by atoms with Gasteiger partial charge in [-0.1, -0.05) is 168 Å². The van der Waals surface area contributed by atoms with Gasteiger partial charge >= 0.3 is 11.9 Å². The Labute approximate surface area is 278 Å². The van der Waals surface area contributed by atoms with E-state index >= 15 is 0 Å². The number of amides is 1. The molecule has 0 aliphatic heterocycles. The molecule has 0 spiro atoms. The van der Waals surface area contributed by atoms with Crippen molar-refractivity contribution in [3.05, 3.63) is 12.2 Å². The number of esters is 1. The Morgan fingerprint density at radius 3 is 1.47 bits per heavy atom. The van der Waals surface area contributed by atoms with E-state index in [4.69, 9.17) is 9.84 Å². The van der Waals surface area contributed by atoms with E-state index < -0.39 is 5.97 Å². The number of hydrogen-bond donors (Lipinski definition) is 2. The second-order valence-electron chi connectivity index (χ2n) is 13.2. The number of rotatable bonds is 35. The molecule has 0 rings (SSSR count). The van der Waals surface area contributed by atoms with Crippen LogP contribution < -0.4 is 5.32 Å². The predicted molar refractivity (Wildman–Crippen MR) is 190 cm³/mol. The van der Waals surface area contributed by atoms with Gasteiger partial charge in [-0.15, -0.1) is 0 Å². The standard InChI is InChI=1S/C39H73NO5/c1-3-5-7-9-10-11-12-13-14-15-16-17-18-19-20-21-22-23-24-30-34-39(44)45-36(31-27-8-6-4-2)32-28-25-26-29-33-37(41)40-35-38(42)43/h27,31,36H,3-26,28-30,32-35H2,1-2H3,(H,40,41)(H,42,43)/b31-27-. The Morgan fingerprint density at radius 1 is 0.578 bits per heavy atom. The van der Waals surface area contributed by atoms with Crippen LogP contribution in [0.3, 0.4) is 0 Å². The maximum Gasteiger partial charge on any atom is 0.322 e. The average Bonchev–Trinajstić information content (AvgIpc) is 3.02. The van der Waals surface area contributed by atoms with Crippen molar-refractivity contribution in [1.29, 1.82) is 0 Å². The lowest BCUT2D eigenvalue weighted by molar-refractivity contribution is -0.147. The van der Waals surface area contributed by atoms with Crippen molar-refractivity contribution in [2.24, 2.45) is 0 Å². The smallest absolute Gasteiger partial charge is 0.322 e. The molecule has 264 valence electrons. The number of nitrogens with one attached hydrogen (secondary N) is 1. The summed E-state index contributed by atoms with van der Waals surface area (Å²) in [4.78, 5) is 34.7. The number of carbonyl (C=O) groups is 3. The third kappa shape index (κ3) is 34.9. The van der Waals surface area contributed by atoms with Crippen LogP contribution in [0.5, 0.6) is 0 Å². The SMILES string of the molecule is CCCC/C=C\C(CCCCCCC(=O)NCC(=O)O)OC(=O)CCCCCCCCCCCCCCCCCCCCCC. The van der Waals surface area contributed by atoms with Crippen LogP contribution in [0.2, 0.25) is 0 Å². The Bertz CT molecular complexity index is 708. The fourth-order valence-electron chi connectivity index (χ4n) is 5.76. The minimum atomic E-state index is -1.03. The first-order valence-electron chi connectivity index (χ1n) is 19.3. The molecule has 0 aromatic heterocycles. The van der Waals surface area contributed by atoms with E-state index in [0.29, 0.717) is 12.8 Å². The summed E-state index contributed by atoms with van der Waals surface area (Å²) in [5.74, 6) is -1.33. The molecule has 0 bridgehead atoms. The summed E-state index contributed by atoms with van der Waals surface area (Å²) in [6, 6.07) is 0. The molecule has 0 aliphatic rings. The van der Waals surface area contributed by atoms with E-state index in [0.717, 1.165) is 64.2 Å². The van der Waals surface area contributed by atoms with Crippen molar-refractivity contribution in [2.75, 3.05) is 6.54 Å². The highest BCUT2D eigenvalue weighted by Gasteiger charge is 2.12. The summed E-state index contributed by atoms with van der Waals surface area (Å²) in [5, 5.41) is 11.0. The van der Waals surface area contributed by atoms with Gasteiger partial charge in [0.15, 0.2) is 0 Å². The molecule has 0 aliphatic carbocycles. The van der Waals surface area contributed by atoms with Gasteiger partial charge in [0, 0.05) is 12.8 Å². The van der Waals surface area contributed by atoms with Crippen molar-refractivity contribution < 1.29 is 24.2 Å². The fourth-order valence-corrected chi connectivity index (χ4v) is 5.76. The highest BCUT2D eigenvalue weighted by atomic mass is 16.5. The van der Waals surface area contributed by atoms with Crippen LogP contribution in [0.25, 0.3) is 0 Å². The third-order valence-corrected chi connectivity index (χ3v) is 8.67. The minimum absolute atomic E-state index is 0.0855. The van der Waals surface area contributed by atoms with Crippen molar-refractivity contribution in [1.82, 2.24) is 5.32 Å². The van der Waals surface area contributed by atoms with E-state index in [-0.39, 0.29) is 24.5 Å². The molecule has 0 aromatic rings. The van der Waals surface area contributed by atoms with Gasteiger partial charge in [0.2, 0.25) is 5.91 Å². The van der Waals surface area contributed by atoms with Crippen molar-refractivity contribution in [3.63, 3.8) is 0 Å². The van der Waals surface area contributed by atoms with Gasteiger partial charge in [-0.05, 0) is 38.2 Å². The number of ether oxygens (including phenoxy) is 1. The summed E-state index contributed by atoms with van der Waals surface area (Å²) < 4.78 is 5.82. The summed E-state index contributed by atoms with van der Waals surface area (Å²) in [5.41, 5.74) is 0. The molecule has 0 heterocycles. The minimum Gasteiger partial charge on any atom is -0.480 e. The van der Waals surface area contributed by atoms with Gasteiger partial charge in [-0.2, -0.15) is 0 Å². The summed E-state index contributed by atoms with van der Waals surface area (Å²) in [7, 11) is 0. The molecule has 45 heavy (non-hydrogen) atoms. The molecule has 0 radical (unpaired) electrons. The van der Waals surface area contributed by atoms with Gasteiger partial charge in [-0.3, -0.25) is 14.4 Å². The number of carboxylic acids is 1. The van der Waals surface area contributed by atoms with Crippen LogP contribution in [0.15, 0.2) is 12.2 Å². The van der Waals surface area contributed by atoms with Crippen LogP contribution in [0.1, 0.15) is 206 Å². The summed E-state index contributed by atoms with van der Waals surface area (Å²) in [6.07, 6.45) is 39.5. The Balaban J connectivity index is 3.76. The van der Waals surface area contributed by atoms with E-state index in [1.807, 2.05) is 0 Å². The molecule has 2 N–H and O–H groups in total. The molecular weight excluding hydrogens is 562 g/mol. The van der Waals surface area contributed by atoms with Gasteiger partial charge in [0.1, 0.15) is 12.6 Å². The first-order chi connectivity index (χ1) is 22.0. The van der Waals surface area contributed by atoms with Crippen LogP contribution in [0.4, 0.5) is 0 Å². The Kier molecular flexibility index (Phi) is 33.6. The van der Waals surface area contributed by atoms with Gasteiger partial charge in [0.05, 0.1) is 0 Å². The van der Waals surface area contributed by atoms with Crippen molar-refractivity contribution in [3.8, 4) is 0 Å². The highest BCUT2D eigenvalue weighted by Crippen LogP contribution is 2.16. The predicted octanol–water partition coefficient (Wildman–Crippen LogP) is 11.4. The highest BCUT2D eigenvalue weighted by molar-refractivity contribution is 5.80. The maximum atomic E-state index is 12.5. The number of aliphatic carboxylic acids is 1. The van der Waals surface area contributed by atoms with Crippen LogP contribution >= 0.6 is 0 Å². The van der Waals surface area contributed by atoms with E-state index in [1.54, 1.807) is 0 Å². The largest absolute Gasteiger partial charge is 0.480 e. The van der Waals surface area contributed by atoms with Gasteiger partial charge < -0.3 is 15.2 Å². The molecule has 0 saturated carbocycles. The monoisotopic (exact) mass is 636 g/mol. The lowest BCUT2D eigenvalue weighted by atomic mass is 10.0. The molecule has 1 amide bonds. The summed E-state index contributed by atoms with van der Waals surface area (Å²) >= 11 is 0. The number of carboxylic acid groups (broad SMARTS) is 1. The molecule has 6 nitrogen and oxygen atoms in total. The molecule has 0 saturated heterocycles. The lowest BCUT2D eigenvalue weighted by Crippen LogP contribution is -2.28. The Hall–Kier alpha value is -1.85. The number of hydrogen-bond acceptors (Lipinski definition) is 4. The average molecular weight is 636 g/mol. The van der Waals surface area contributed by atoms with Gasteiger partial charge in [0.25, 0.3) is 0 Å². The molecule has 0 aromatic carbocycles. The first kappa shape index (κ1) is 43.1. The maximum absolute atomic E-state index is 12.5. The third-order valence-electron chi connectivity index (χ3n) is 8.67. The van der Waals surface area contributed by atoms with Crippen LogP contribution in [-0.2, 0) is 19.1 Å². The second-order valence-corrected chi connectivity index (χ2v) is 13.2. The summed E-state index contributed by atoms with van der Waals surface area (Å²) in [6.45, 7) is 4.14. The molecule has 1 unspecified atom stereocenters. The van der Waals surface area contributed by atoms with Crippen LogP contribution in [-0.4, -0.2) is 35.6 Å². The lowest BCUT2D eigenvalue weighted by Gasteiger charge is -2.15. The Morgan fingerprint density at radius 2 is 1.00 bits per heavy atom. The fraction of sp³-hybridized carbons (Fsp3) is 0.872. The molecule has 6 heteroatoms. The zero-order valence-electron chi connectivity index (χ0n) is 29.7. The zero-order chi connectivity index (χ0) is 33.1. The van der Waals surface area contributed by atoms with E-state index in [1.165, 1.54) is 116 Å². The van der Waals surface area contributed by atoms with Crippen LogP contribution in [0, 0.1) is 0 Å². The number of allylic oxidation sites excluding steroid dienone is 1. The quantitative estimate of drug-likeness (QED) is 0.0410. The molecule has 0 fully saturated rings. The van der Waals surface area contributed by atoms with E-state index in [2.05, 4.69) is 31.3 Å². The number of carbonyl (C=O) groups excluding carboxylic acids is 2. The topological polar surface area (TPSA) is 92.7 Å². The zero-order valence-corrected chi connectivity index (χ0v) is 29.7. The normalized spacial score (nSPS) is 12.0.